The molecule has 4 aromatic rings. The number of oxazole rings is 1. The van der Waals surface area contributed by atoms with Crippen LogP contribution in [0, 0.1) is 13.8 Å². The smallest absolute Gasteiger partial charge is 0.255 e. The van der Waals surface area contributed by atoms with E-state index >= 15 is 0 Å². The van der Waals surface area contributed by atoms with Crippen molar-refractivity contribution in [2.24, 2.45) is 0 Å². The molecule has 0 bridgehead atoms. The first kappa shape index (κ1) is 16.8. The fraction of sp³-hybridized carbons (Fsp3) is 0.0952. The zero-order chi connectivity index (χ0) is 19.0. The standard InChI is InChI=1S/C21H17N3O3/c1-12-9-13(2)19-17(10-12)24-21(27-19)16-11-15(3-4-18(16)25)23-20(26)14-5-7-22-8-6-14/h3-11,25H,1-2H3,(H,23,26). The van der Waals surface area contributed by atoms with E-state index in [-0.39, 0.29) is 11.7 Å². The molecule has 4 rings (SSSR count). The number of aromatic nitrogens is 2. The highest BCUT2D eigenvalue weighted by Gasteiger charge is 2.15. The number of nitrogens with zero attached hydrogens (tertiary/aromatic N) is 2. The molecule has 2 heterocycles. The van der Waals surface area contributed by atoms with E-state index in [9.17, 15) is 9.90 Å². The second-order valence-corrected chi connectivity index (χ2v) is 6.37. The van der Waals surface area contributed by atoms with Crippen molar-refractivity contribution in [3.63, 3.8) is 0 Å². The van der Waals surface area contributed by atoms with Gasteiger partial charge < -0.3 is 14.8 Å². The molecule has 27 heavy (non-hydrogen) atoms. The van der Waals surface area contributed by atoms with Crippen molar-refractivity contribution in [2.75, 3.05) is 5.32 Å². The molecule has 0 unspecified atom stereocenters. The molecule has 2 aromatic heterocycles. The van der Waals surface area contributed by atoms with E-state index in [4.69, 9.17) is 4.42 Å². The van der Waals surface area contributed by atoms with Gasteiger partial charge in [-0.05, 0) is 61.4 Å². The van der Waals surface area contributed by atoms with Gasteiger partial charge in [-0.1, -0.05) is 6.07 Å². The Morgan fingerprint density at radius 2 is 1.85 bits per heavy atom. The number of aromatic hydroxyl groups is 1. The SMILES string of the molecule is Cc1cc(C)c2oc(-c3cc(NC(=O)c4ccncc4)ccc3O)nc2c1. The van der Waals surface area contributed by atoms with Gasteiger partial charge in [0.2, 0.25) is 5.89 Å². The summed E-state index contributed by atoms with van der Waals surface area (Å²) in [5.41, 5.74) is 4.91. The van der Waals surface area contributed by atoms with E-state index < -0.39 is 0 Å². The average molecular weight is 359 g/mol. The number of phenolic OH excluding ortho intramolecular Hbond substituents is 1. The summed E-state index contributed by atoms with van der Waals surface area (Å²) in [5, 5.41) is 13.1. The largest absolute Gasteiger partial charge is 0.507 e. The maximum Gasteiger partial charge on any atom is 0.255 e. The van der Waals surface area contributed by atoms with Crippen molar-refractivity contribution in [1.82, 2.24) is 9.97 Å². The van der Waals surface area contributed by atoms with Crippen molar-refractivity contribution < 1.29 is 14.3 Å². The highest BCUT2D eigenvalue weighted by Crippen LogP contribution is 2.34. The lowest BCUT2D eigenvalue weighted by atomic mass is 10.1. The van der Waals surface area contributed by atoms with Gasteiger partial charge in [-0.3, -0.25) is 9.78 Å². The highest BCUT2D eigenvalue weighted by atomic mass is 16.3. The molecule has 0 aliphatic heterocycles. The zero-order valence-electron chi connectivity index (χ0n) is 14.9. The summed E-state index contributed by atoms with van der Waals surface area (Å²) < 4.78 is 5.87. The quantitative estimate of drug-likeness (QED) is 0.527. The van der Waals surface area contributed by atoms with Gasteiger partial charge in [0.25, 0.3) is 5.91 Å². The molecular weight excluding hydrogens is 342 g/mol. The number of aryl methyl sites for hydroxylation is 2. The van der Waals surface area contributed by atoms with Crippen molar-refractivity contribution in [3.8, 4) is 17.2 Å². The number of pyridine rings is 1. The van der Waals surface area contributed by atoms with E-state index in [1.807, 2.05) is 26.0 Å². The maximum absolute atomic E-state index is 12.3. The van der Waals surface area contributed by atoms with Crippen LogP contribution < -0.4 is 5.32 Å². The van der Waals surface area contributed by atoms with Crippen LogP contribution in [0.3, 0.4) is 0 Å². The lowest BCUT2D eigenvalue weighted by molar-refractivity contribution is 0.102. The summed E-state index contributed by atoms with van der Waals surface area (Å²) in [6.45, 7) is 3.95. The number of rotatable bonds is 3. The van der Waals surface area contributed by atoms with Crippen LogP contribution in [-0.2, 0) is 0 Å². The van der Waals surface area contributed by atoms with Crippen LogP contribution in [0.2, 0.25) is 0 Å². The Balaban J connectivity index is 1.71. The molecule has 0 saturated carbocycles. The second kappa shape index (κ2) is 6.57. The van der Waals surface area contributed by atoms with E-state index in [1.165, 1.54) is 6.07 Å². The fourth-order valence-corrected chi connectivity index (χ4v) is 2.98. The molecule has 0 aliphatic rings. The number of amides is 1. The Morgan fingerprint density at radius 3 is 2.63 bits per heavy atom. The van der Waals surface area contributed by atoms with Crippen LogP contribution in [0.15, 0.2) is 59.3 Å². The zero-order valence-corrected chi connectivity index (χ0v) is 14.9. The van der Waals surface area contributed by atoms with Crippen LogP contribution in [0.5, 0.6) is 5.75 Å². The summed E-state index contributed by atoms with van der Waals surface area (Å²) in [7, 11) is 0. The monoisotopic (exact) mass is 359 g/mol. The molecule has 1 amide bonds. The van der Waals surface area contributed by atoms with E-state index in [0.29, 0.717) is 28.3 Å². The first-order valence-electron chi connectivity index (χ1n) is 8.44. The molecule has 6 heteroatoms. The van der Waals surface area contributed by atoms with Gasteiger partial charge in [0.05, 0.1) is 5.56 Å². The lowest BCUT2D eigenvalue weighted by Crippen LogP contribution is -2.11. The van der Waals surface area contributed by atoms with Crippen LogP contribution in [0.25, 0.3) is 22.6 Å². The minimum atomic E-state index is -0.266. The van der Waals surface area contributed by atoms with Gasteiger partial charge in [-0.15, -0.1) is 0 Å². The third-order valence-corrected chi connectivity index (χ3v) is 4.25. The minimum absolute atomic E-state index is 0.0258. The molecule has 0 radical (unpaired) electrons. The van der Waals surface area contributed by atoms with Crippen molar-refractivity contribution in [1.29, 1.82) is 0 Å². The molecule has 0 saturated heterocycles. The fourth-order valence-electron chi connectivity index (χ4n) is 2.98. The Bertz CT molecular complexity index is 1150. The highest BCUT2D eigenvalue weighted by molar-refractivity contribution is 6.04. The van der Waals surface area contributed by atoms with Crippen molar-refractivity contribution in [2.45, 2.75) is 13.8 Å². The number of fused-ring (bicyclic) bond motifs is 1. The van der Waals surface area contributed by atoms with Crippen LogP contribution >= 0.6 is 0 Å². The van der Waals surface area contributed by atoms with Gasteiger partial charge in [0, 0.05) is 23.6 Å². The number of nitrogens with one attached hydrogen (secondary N) is 1. The number of anilines is 1. The second-order valence-electron chi connectivity index (χ2n) is 6.37. The van der Waals surface area contributed by atoms with Gasteiger partial charge in [-0.2, -0.15) is 0 Å². The van der Waals surface area contributed by atoms with Gasteiger partial charge >= 0.3 is 0 Å². The summed E-state index contributed by atoms with van der Waals surface area (Å²) in [6.07, 6.45) is 3.11. The summed E-state index contributed by atoms with van der Waals surface area (Å²) in [4.78, 5) is 20.7. The number of hydrogen-bond acceptors (Lipinski definition) is 5. The number of carbonyl (C=O) groups excluding carboxylic acids is 1. The lowest BCUT2D eigenvalue weighted by Gasteiger charge is -2.07. The van der Waals surface area contributed by atoms with E-state index in [1.54, 1.807) is 36.7 Å². The molecule has 0 aliphatic carbocycles. The molecule has 6 nitrogen and oxygen atoms in total. The Morgan fingerprint density at radius 1 is 1.07 bits per heavy atom. The Hall–Kier alpha value is -3.67. The molecule has 2 aromatic carbocycles. The molecule has 0 fully saturated rings. The van der Waals surface area contributed by atoms with Crippen LogP contribution in [0.1, 0.15) is 21.5 Å². The predicted molar refractivity (Wildman–Crippen MR) is 103 cm³/mol. The van der Waals surface area contributed by atoms with Crippen molar-refractivity contribution >= 4 is 22.7 Å². The Labute approximate surface area is 155 Å². The average Bonchev–Trinajstić information content (AvgIpc) is 3.08. The third-order valence-electron chi connectivity index (χ3n) is 4.25. The Kier molecular flexibility index (Phi) is 4.08. The number of carbonyl (C=O) groups is 1. The third kappa shape index (κ3) is 3.25. The molecule has 0 atom stereocenters. The van der Waals surface area contributed by atoms with Crippen LogP contribution in [0.4, 0.5) is 5.69 Å². The summed E-state index contributed by atoms with van der Waals surface area (Å²) in [6, 6.07) is 12.0. The molecule has 2 N–H and O–H groups in total. The number of benzene rings is 2. The summed E-state index contributed by atoms with van der Waals surface area (Å²) >= 11 is 0. The molecular formula is C21H17N3O3. The minimum Gasteiger partial charge on any atom is -0.507 e. The molecule has 134 valence electrons. The van der Waals surface area contributed by atoms with E-state index in [2.05, 4.69) is 15.3 Å². The first-order chi connectivity index (χ1) is 13.0. The first-order valence-corrected chi connectivity index (χ1v) is 8.44. The van der Waals surface area contributed by atoms with Crippen molar-refractivity contribution in [3.05, 3.63) is 71.5 Å². The topological polar surface area (TPSA) is 88.2 Å². The number of hydrogen-bond donors (Lipinski definition) is 2. The van der Waals surface area contributed by atoms with Gasteiger partial charge in [-0.25, -0.2) is 4.98 Å². The summed E-state index contributed by atoms with van der Waals surface area (Å²) in [5.74, 6) is 0.0622. The predicted octanol–water partition coefficient (Wildman–Crippen LogP) is 4.46. The normalized spacial score (nSPS) is 10.9. The maximum atomic E-state index is 12.3. The van der Waals surface area contributed by atoms with E-state index in [0.717, 1.165) is 16.6 Å². The number of phenols is 1. The molecule has 0 spiro atoms. The van der Waals surface area contributed by atoms with Gasteiger partial charge in [0.1, 0.15) is 11.3 Å². The van der Waals surface area contributed by atoms with Gasteiger partial charge in [0.15, 0.2) is 5.58 Å². The van der Waals surface area contributed by atoms with Crippen LogP contribution in [-0.4, -0.2) is 21.0 Å².